The number of carboxylic acids is 1. The van der Waals surface area contributed by atoms with Gasteiger partial charge in [-0.1, -0.05) is 12.1 Å². The van der Waals surface area contributed by atoms with Gasteiger partial charge in [0.1, 0.15) is 11.6 Å². The van der Waals surface area contributed by atoms with Crippen LogP contribution in [0.15, 0.2) is 24.3 Å². The molecule has 1 heterocycles. The van der Waals surface area contributed by atoms with Crippen LogP contribution in [0.3, 0.4) is 0 Å². The Labute approximate surface area is 155 Å². The van der Waals surface area contributed by atoms with Gasteiger partial charge in [-0.2, -0.15) is 13.2 Å². The van der Waals surface area contributed by atoms with Crippen LogP contribution in [0.5, 0.6) is 0 Å². The van der Waals surface area contributed by atoms with E-state index in [0.29, 0.717) is 18.0 Å². The molecule has 1 fully saturated rings. The lowest BCUT2D eigenvalue weighted by molar-refractivity contribution is -0.928. The predicted octanol–water partition coefficient (Wildman–Crippen LogP) is 0.632. The van der Waals surface area contributed by atoms with Gasteiger partial charge in [-0.15, -0.1) is 0 Å². The number of carbonyl (C=O) groups excluding carboxylic acids is 2. The first-order chi connectivity index (χ1) is 12.4. The molecular formula is C18H23F3N2O4. The Hall–Kier alpha value is -2.29. The van der Waals surface area contributed by atoms with E-state index in [9.17, 15) is 27.9 Å². The highest BCUT2D eigenvalue weighted by Crippen LogP contribution is 2.29. The second-order valence-electron chi connectivity index (χ2n) is 7.50. The van der Waals surface area contributed by atoms with Gasteiger partial charge in [0.15, 0.2) is 6.04 Å². The van der Waals surface area contributed by atoms with Gasteiger partial charge in [-0.05, 0) is 32.9 Å². The Morgan fingerprint density at radius 3 is 2.04 bits per heavy atom. The molecule has 1 aliphatic rings. The third kappa shape index (κ3) is 5.59. The van der Waals surface area contributed by atoms with E-state index in [-0.39, 0.29) is 18.7 Å². The monoisotopic (exact) mass is 388 g/mol. The molecule has 0 radical (unpaired) electrons. The maximum Gasteiger partial charge on any atom is 0.416 e. The molecule has 1 aromatic rings. The largest absolute Gasteiger partial charge is 0.544 e. The number of hydrogen-bond acceptors (Lipinski definition) is 4. The number of amides is 1. The maximum absolute atomic E-state index is 12.7. The molecule has 1 aliphatic heterocycles. The molecule has 27 heavy (non-hydrogen) atoms. The number of nitrogens with zero attached hydrogens (tertiary/aromatic N) is 1. The van der Waals surface area contributed by atoms with Gasteiger partial charge in [-0.25, -0.2) is 4.79 Å². The molecule has 1 amide bonds. The predicted molar refractivity (Wildman–Crippen MR) is 87.7 cm³/mol. The highest BCUT2D eigenvalue weighted by molar-refractivity contribution is 5.72. The molecule has 0 saturated carbocycles. The fourth-order valence-corrected chi connectivity index (χ4v) is 2.99. The molecule has 0 unspecified atom stereocenters. The molecule has 6 nitrogen and oxygen atoms in total. The van der Waals surface area contributed by atoms with Crippen molar-refractivity contribution in [1.29, 1.82) is 0 Å². The average molecular weight is 388 g/mol. The summed E-state index contributed by atoms with van der Waals surface area (Å²) < 4.78 is 43.4. The lowest BCUT2D eigenvalue weighted by Gasteiger charge is -2.37. The van der Waals surface area contributed by atoms with Gasteiger partial charge >= 0.3 is 12.3 Å². The zero-order valence-corrected chi connectivity index (χ0v) is 15.4. The standard InChI is InChI=1S/C18H23F3N2O4/c1-17(2,3)27-16(26)23-10-8-22(9-11-23)14(15(24)25)12-4-6-13(7-5-12)18(19,20)21/h4-7,14H,8-11H2,1-3H3,(H,24,25)/t14-/m0/s1. The van der Waals surface area contributed by atoms with Crippen molar-refractivity contribution in [3.8, 4) is 0 Å². The first-order valence-electron chi connectivity index (χ1n) is 8.59. The summed E-state index contributed by atoms with van der Waals surface area (Å²) in [7, 11) is 0. The van der Waals surface area contributed by atoms with E-state index >= 15 is 0 Å². The third-order valence-corrected chi connectivity index (χ3v) is 4.27. The Bertz CT molecular complexity index is 675. The summed E-state index contributed by atoms with van der Waals surface area (Å²) in [5.41, 5.74) is -1.23. The van der Waals surface area contributed by atoms with Crippen LogP contribution in [0.25, 0.3) is 0 Å². The van der Waals surface area contributed by atoms with Gasteiger partial charge < -0.3 is 19.5 Å². The number of quaternary nitrogens is 1. The van der Waals surface area contributed by atoms with Crippen LogP contribution in [-0.4, -0.2) is 48.7 Å². The van der Waals surface area contributed by atoms with Crippen molar-refractivity contribution < 1.29 is 37.5 Å². The second kappa shape index (κ2) is 7.75. The minimum absolute atomic E-state index is 0.240. The van der Waals surface area contributed by atoms with Crippen LogP contribution in [0, 0.1) is 0 Å². The van der Waals surface area contributed by atoms with Gasteiger partial charge in [0, 0.05) is 5.56 Å². The Morgan fingerprint density at radius 2 is 1.63 bits per heavy atom. The number of hydrogen-bond donors (Lipinski definition) is 1. The smallest absolute Gasteiger partial charge is 0.416 e. The lowest BCUT2D eigenvalue weighted by Crippen LogP contribution is -3.16. The van der Waals surface area contributed by atoms with Gasteiger partial charge in [0.25, 0.3) is 0 Å². The van der Waals surface area contributed by atoms with Crippen molar-refractivity contribution in [2.24, 2.45) is 0 Å². The SMILES string of the molecule is CC(C)(C)OC(=O)N1CC[NH+]([C@H](C(=O)[O-])c2ccc(C(F)(F)F)cc2)CC1. The summed E-state index contributed by atoms with van der Waals surface area (Å²) in [6, 6.07) is 2.95. The number of alkyl halides is 3. The number of carboxylic acid groups (broad SMARTS) is 1. The highest BCUT2D eigenvalue weighted by atomic mass is 19.4. The van der Waals surface area contributed by atoms with Crippen LogP contribution >= 0.6 is 0 Å². The van der Waals surface area contributed by atoms with Crippen molar-refractivity contribution in [2.45, 2.75) is 38.6 Å². The van der Waals surface area contributed by atoms with E-state index in [4.69, 9.17) is 4.74 Å². The van der Waals surface area contributed by atoms with Crippen molar-refractivity contribution >= 4 is 12.1 Å². The summed E-state index contributed by atoms with van der Waals surface area (Å²) in [5.74, 6) is -1.37. The lowest BCUT2D eigenvalue weighted by atomic mass is 10.0. The fraction of sp³-hybridized carbons (Fsp3) is 0.556. The van der Waals surface area contributed by atoms with Crippen LogP contribution in [0.4, 0.5) is 18.0 Å². The summed E-state index contributed by atoms with van der Waals surface area (Å²) in [6.45, 7) is 6.47. The zero-order chi connectivity index (χ0) is 20.4. The van der Waals surface area contributed by atoms with Crippen molar-refractivity contribution in [3.63, 3.8) is 0 Å². The maximum atomic E-state index is 12.7. The molecule has 0 aromatic heterocycles. The normalized spacial score (nSPS) is 17.5. The van der Waals surface area contributed by atoms with Crippen LogP contribution < -0.4 is 10.0 Å². The summed E-state index contributed by atoms with van der Waals surface area (Å²) in [6.07, 6.45) is -4.96. The molecule has 1 atom stereocenters. The van der Waals surface area contributed by atoms with Crippen LogP contribution in [0.2, 0.25) is 0 Å². The number of aliphatic carboxylic acids is 1. The first kappa shape index (κ1) is 21.0. The number of ether oxygens (including phenoxy) is 1. The van der Waals surface area contributed by atoms with E-state index in [1.54, 1.807) is 20.8 Å². The van der Waals surface area contributed by atoms with Crippen molar-refractivity contribution in [2.75, 3.05) is 26.2 Å². The molecule has 2 rings (SSSR count). The van der Waals surface area contributed by atoms with Gasteiger partial charge in [0.2, 0.25) is 0 Å². The van der Waals surface area contributed by atoms with Crippen molar-refractivity contribution in [3.05, 3.63) is 35.4 Å². The first-order valence-corrected chi connectivity index (χ1v) is 8.59. The second-order valence-corrected chi connectivity index (χ2v) is 7.50. The fourth-order valence-electron chi connectivity index (χ4n) is 2.99. The van der Waals surface area contributed by atoms with E-state index in [1.807, 2.05) is 0 Å². The van der Waals surface area contributed by atoms with E-state index in [0.717, 1.165) is 24.3 Å². The van der Waals surface area contributed by atoms with Crippen LogP contribution in [0.1, 0.15) is 37.9 Å². The zero-order valence-electron chi connectivity index (χ0n) is 15.4. The molecule has 9 heteroatoms. The Morgan fingerprint density at radius 1 is 1.11 bits per heavy atom. The number of rotatable bonds is 3. The Kier molecular flexibility index (Phi) is 6.04. The number of halogens is 3. The summed E-state index contributed by atoms with van der Waals surface area (Å²) in [4.78, 5) is 25.8. The average Bonchev–Trinajstić information content (AvgIpc) is 2.53. The highest BCUT2D eigenvalue weighted by Gasteiger charge is 2.34. The van der Waals surface area contributed by atoms with Crippen LogP contribution in [-0.2, 0) is 15.7 Å². The van der Waals surface area contributed by atoms with E-state index in [1.165, 1.54) is 4.90 Å². The molecule has 1 saturated heterocycles. The molecule has 0 aliphatic carbocycles. The van der Waals surface area contributed by atoms with E-state index in [2.05, 4.69) is 0 Å². The van der Waals surface area contributed by atoms with Gasteiger partial charge in [0.05, 0.1) is 31.7 Å². The number of nitrogens with one attached hydrogen (secondary N) is 1. The molecule has 150 valence electrons. The molecule has 0 bridgehead atoms. The molecule has 1 aromatic carbocycles. The van der Waals surface area contributed by atoms with Gasteiger partial charge in [-0.3, -0.25) is 4.90 Å². The minimum Gasteiger partial charge on any atom is -0.544 e. The minimum atomic E-state index is -4.48. The summed E-state index contributed by atoms with van der Waals surface area (Å²) in [5, 5.41) is 11.6. The van der Waals surface area contributed by atoms with E-state index < -0.39 is 35.4 Å². The molecule has 0 spiro atoms. The third-order valence-electron chi connectivity index (χ3n) is 4.27. The van der Waals surface area contributed by atoms with Crippen molar-refractivity contribution in [1.82, 2.24) is 4.90 Å². The Balaban J connectivity index is 2.07. The summed E-state index contributed by atoms with van der Waals surface area (Å²) >= 11 is 0. The number of carbonyl (C=O) groups is 2. The molecule has 1 N–H and O–H groups in total. The quantitative estimate of drug-likeness (QED) is 0.825. The number of benzene rings is 1. The topological polar surface area (TPSA) is 74.1 Å². The number of piperazine rings is 1. The molecular weight excluding hydrogens is 365 g/mol.